The summed E-state index contributed by atoms with van der Waals surface area (Å²) in [7, 11) is 0. The maximum atomic E-state index is 13.2. The molecule has 2 saturated heterocycles. The van der Waals surface area contributed by atoms with Gasteiger partial charge in [-0.05, 0) is 45.4 Å². The maximum absolute atomic E-state index is 13.2. The Bertz CT molecular complexity index is 374. The van der Waals surface area contributed by atoms with Crippen LogP contribution >= 0.6 is 0 Å². The van der Waals surface area contributed by atoms with Crippen molar-refractivity contribution < 1.29 is 4.79 Å². The molecule has 21 heavy (non-hydrogen) atoms. The minimum Gasteiger partial charge on any atom is -0.338 e. The van der Waals surface area contributed by atoms with Crippen LogP contribution in [0, 0.1) is 5.92 Å². The third-order valence-electron chi connectivity index (χ3n) is 5.94. The summed E-state index contributed by atoms with van der Waals surface area (Å²) in [6, 6.07) is 0.530. The fourth-order valence-electron chi connectivity index (χ4n) is 4.59. The van der Waals surface area contributed by atoms with E-state index in [1.165, 1.54) is 38.5 Å². The van der Waals surface area contributed by atoms with Crippen LogP contribution < -0.4 is 5.32 Å². The number of nitrogens with one attached hydrogen (secondary N) is 1. The number of rotatable bonds is 2. The summed E-state index contributed by atoms with van der Waals surface area (Å²) in [5.41, 5.74) is -0.346. The van der Waals surface area contributed by atoms with Gasteiger partial charge < -0.3 is 10.2 Å². The second kappa shape index (κ2) is 6.25. The first-order chi connectivity index (χ1) is 10.1. The van der Waals surface area contributed by atoms with E-state index in [1.54, 1.807) is 0 Å². The highest BCUT2D eigenvalue weighted by molar-refractivity contribution is 5.86. The van der Waals surface area contributed by atoms with Crippen LogP contribution in [-0.4, -0.2) is 60.0 Å². The topological polar surface area (TPSA) is 35.6 Å². The Labute approximate surface area is 129 Å². The van der Waals surface area contributed by atoms with Gasteiger partial charge in [0.25, 0.3) is 0 Å². The van der Waals surface area contributed by atoms with Crippen LogP contribution in [-0.2, 0) is 4.79 Å². The molecule has 0 aromatic heterocycles. The van der Waals surface area contributed by atoms with Crippen molar-refractivity contribution in [1.29, 1.82) is 0 Å². The number of piperidine rings is 1. The summed E-state index contributed by atoms with van der Waals surface area (Å²) < 4.78 is 0. The quantitative estimate of drug-likeness (QED) is 0.844. The van der Waals surface area contributed by atoms with E-state index in [4.69, 9.17) is 0 Å². The number of fused-ring (bicyclic) bond motifs is 1. The van der Waals surface area contributed by atoms with Crippen molar-refractivity contribution >= 4 is 5.91 Å². The average molecular weight is 293 g/mol. The van der Waals surface area contributed by atoms with Gasteiger partial charge >= 0.3 is 0 Å². The number of likely N-dealkylation sites (tertiary alicyclic amines) is 1. The van der Waals surface area contributed by atoms with Crippen LogP contribution in [0.15, 0.2) is 0 Å². The lowest BCUT2D eigenvalue weighted by atomic mass is 9.77. The zero-order valence-electron chi connectivity index (χ0n) is 13.7. The number of carbonyl (C=O) groups is 1. The Hall–Kier alpha value is -0.610. The maximum Gasteiger partial charge on any atom is 0.242 e. The highest BCUT2D eigenvalue weighted by atomic mass is 16.2. The summed E-state index contributed by atoms with van der Waals surface area (Å²) >= 11 is 0. The second-order valence-electron chi connectivity index (χ2n) is 7.55. The van der Waals surface area contributed by atoms with E-state index in [1.807, 2.05) is 0 Å². The van der Waals surface area contributed by atoms with Crippen LogP contribution in [0.5, 0.6) is 0 Å². The molecule has 0 aromatic carbocycles. The molecular formula is C17H31N3O. The Morgan fingerprint density at radius 1 is 1.00 bits per heavy atom. The van der Waals surface area contributed by atoms with Crippen molar-refractivity contribution in [3.8, 4) is 0 Å². The van der Waals surface area contributed by atoms with Crippen molar-refractivity contribution in [3.05, 3.63) is 0 Å². The van der Waals surface area contributed by atoms with Crippen molar-refractivity contribution in [2.45, 2.75) is 64.0 Å². The largest absolute Gasteiger partial charge is 0.338 e. The second-order valence-corrected chi connectivity index (χ2v) is 7.55. The summed E-state index contributed by atoms with van der Waals surface area (Å²) in [6.45, 7) is 9.22. The van der Waals surface area contributed by atoms with Gasteiger partial charge in [-0.2, -0.15) is 0 Å². The number of piperazine rings is 1. The molecular weight excluding hydrogens is 262 g/mol. The lowest BCUT2D eigenvalue weighted by molar-refractivity contribution is -0.149. The van der Waals surface area contributed by atoms with Gasteiger partial charge in [-0.1, -0.05) is 12.8 Å². The number of carbonyl (C=O) groups excluding carboxylic acids is 1. The zero-order chi connectivity index (χ0) is 14.9. The van der Waals surface area contributed by atoms with Gasteiger partial charge in [0, 0.05) is 38.8 Å². The summed E-state index contributed by atoms with van der Waals surface area (Å²) in [5.74, 6) is 1.15. The van der Waals surface area contributed by atoms with Gasteiger partial charge in [0.1, 0.15) is 0 Å². The molecule has 0 aromatic rings. The van der Waals surface area contributed by atoms with Gasteiger partial charge in [-0.25, -0.2) is 0 Å². The first-order valence-corrected chi connectivity index (χ1v) is 8.87. The van der Waals surface area contributed by atoms with Crippen molar-refractivity contribution in [1.82, 2.24) is 15.1 Å². The molecule has 2 aliphatic heterocycles. The fourth-order valence-corrected chi connectivity index (χ4v) is 4.59. The Kier molecular flexibility index (Phi) is 4.55. The predicted molar refractivity (Wildman–Crippen MR) is 85.2 cm³/mol. The van der Waals surface area contributed by atoms with Crippen LogP contribution in [0.4, 0.5) is 0 Å². The van der Waals surface area contributed by atoms with E-state index < -0.39 is 0 Å². The molecule has 2 atom stereocenters. The smallest absolute Gasteiger partial charge is 0.242 e. The number of hydrogen-bond donors (Lipinski definition) is 1. The van der Waals surface area contributed by atoms with Gasteiger partial charge in [-0.3, -0.25) is 9.69 Å². The summed E-state index contributed by atoms with van der Waals surface area (Å²) in [6.07, 6.45) is 7.77. The monoisotopic (exact) mass is 293 g/mol. The lowest BCUT2D eigenvalue weighted by Gasteiger charge is -2.49. The highest BCUT2D eigenvalue weighted by Gasteiger charge is 2.43. The third-order valence-corrected chi connectivity index (χ3v) is 5.94. The minimum absolute atomic E-state index is 0.346. The summed E-state index contributed by atoms with van der Waals surface area (Å²) in [5, 5.41) is 3.38. The van der Waals surface area contributed by atoms with E-state index in [0.717, 1.165) is 38.6 Å². The third kappa shape index (κ3) is 2.98. The molecule has 0 radical (unpaired) electrons. The number of nitrogens with zero attached hydrogens (tertiary/aromatic N) is 2. The van der Waals surface area contributed by atoms with Crippen molar-refractivity contribution in [3.63, 3.8) is 0 Å². The van der Waals surface area contributed by atoms with Crippen molar-refractivity contribution in [2.75, 3.05) is 32.7 Å². The Balaban J connectivity index is 1.72. The zero-order valence-corrected chi connectivity index (χ0v) is 13.7. The SMILES string of the molecule is CC(C)(C(=O)N1CCC[C@H]2CCCC[C@H]21)N1CCNCC1. The molecule has 4 nitrogen and oxygen atoms in total. The number of hydrogen-bond acceptors (Lipinski definition) is 3. The average Bonchev–Trinajstić information content (AvgIpc) is 2.54. The standard InChI is InChI=1S/C17H31N3O/c1-17(2,19-12-9-18-10-13-19)16(21)20-11-5-7-14-6-3-4-8-15(14)20/h14-15,18H,3-13H2,1-2H3/t14-,15-/m1/s1. The Morgan fingerprint density at radius 2 is 1.67 bits per heavy atom. The molecule has 3 rings (SSSR count). The molecule has 1 saturated carbocycles. The molecule has 2 heterocycles. The van der Waals surface area contributed by atoms with E-state index in [0.29, 0.717) is 11.9 Å². The molecule has 0 spiro atoms. The van der Waals surface area contributed by atoms with E-state index in [9.17, 15) is 4.79 Å². The summed E-state index contributed by atoms with van der Waals surface area (Å²) in [4.78, 5) is 17.9. The molecule has 3 aliphatic rings. The van der Waals surface area contributed by atoms with Gasteiger partial charge in [0.05, 0.1) is 5.54 Å². The molecule has 120 valence electrons. The predicted octanol–water partition coefficient (Wildman–Crippen LogP) is 1.85. The first-order valence-electron chi connectivity index (χ1n) is 8.87. The van der Waals surface area contributed by atoms with Gasteiger partial charge in [0.2, 0.25) is 5.91 Å². The number of amides is 1. The van der Waals surface area contributed by atoms with Crippen LogP contribution in [0.25, 0.3) is 0 Å². The van der Waals surface area contributed by atoms with Gasteiger partial charge in [0.15, 0.2) is 0 Å². The van der Waals surface area contributed by atoms with Crippen molar-refractivity contribution in [2.24, 2.45) is 5.92 Å². The molecule has 1 aliphatic carbocycles. The molecule has 0 unspecified atom stereocenters. The highest BCUT2D eigenvalue weighted by Crippen LogP contribution is 2.36. The fraction of sp³-hybridized carbons (Fsp3) is 0.941. The Morgan fingerprint density at radius 3 is 2.43 bits per heavy atom. The van der Waals surface area contributed by atoms with E-state index in [2.05, 4.69) is 29.0 Å². The normalized spacial score (nSPS) is 31.8. The lowest BCUT2D eigenvalue weighted by Crippen LogP contribution is -2.63. The first kappa shape index (κ1) is 15.3. The molecule has 4 heteroatoms. The van der Waals surface area contributed by atoms with Crippen LogP contribution in [0.1, 0.15) is 52.4 Å². The van der Waals surface area contributed by atoms with Crippen LogP contribution in [0.3, 0.4) is 0 Å². The van der Waals surface area contributed by atoms with Crippen LogP contribution in [0.2, 0.25) is 0 Å². The molecule has 1 amide bonds. The molecule has 0 bridgehead atoms. The van der Waals surface area contributed by atoms with E-state index in [-0.39, 0.29) is 5.54 Å². The minimum atomic E-state index is -0.346. The molecule has 1 N–H and O–H groups in total. The van der Waals surface area contributed by atoms with Gasteiger partial charge in [-0.15, -0.1) is 0 Å². The van der Waals surface area contributed by atoms with E-state index >= 15 is 0 Å². The molecule has 3 fully saturated rings.